The molecule has 0 radical (unpaired) electrons. The van der Waals surface area contributed by atoms with Crippen LogP contribution in [0.1, 0.15) is 36.0 Å². The van der Waals surface area contributed by atoms with Crippen LogP contribution in [0.25, 0.3) is 0 Å². The van der Waals surface area contributed by atoms with E-state index in [2.05, 4.69) is 5.32 Å². The van der Waals surface area contributed by atoms with Crippen molar-refractivity contribution in [2.75, 3.05) is 20.1 Å². The number of carbonyl (C=O) groups excluding carboxylic acids is 1. The highest BCUT2D eigenvalue weighted by molar-refractivity contribution is 6.30. The number of hydrogen-bond donors (Lipinski definition) is 1. The summed E-state index contributed by atoms with van der Waals surface area (Å²) in [6.07, 6.45) is 3.64. The highest BCUT2D eigenvalue weighted by Crippen LogP contribution is 2.25. The normalized spacial score (nSPS) is 18.9. The lowest BCUT2D eigenvalue weighted by Crippen LogP contribution is -2.45. The van der Waals surface area contributed by atoms with Gasteiger partial charge in [0.2, 0.25) is 0 Å². The summed E-state index contributed by atoms with van der Waals surface area (Å²) in [7, 11) is 1.85. The molecule has 1 aromatic rings. The Morgan fingerprint density at radius 1 is 1.38 bits per heavy atom. The first-order chi connectivity index (χ1) is 10.0. The van der Waals surface area contributed by atoms with Gasteiger partial charge < -0.3 is 10.2 Å². The van der Waals surface area contributed by atoms with E-state index < -0.39 is 17.5 Å². The van der Waals surface area contributed by atoms with Crippen molar-refractivity contribution in [2.24, 2.45) is 0 Å². The Morgan fingerprint density at radius 2 is 2.14 bits per heavy atom. The molecular formula is C15H19ClF2N2O. The number of nitrogens with zero attached hydrogens (tertiary/aromatic N) is 1. The molecule has 1 N–H and O–H groups in total. The first kappa shape index (κ1) is 16.2. The van der Waals surface area contributed by atoms with E-state index in [9.17, 15) is 13.6 Å². The van der Waals surface area contributed by atoms with Gasteiger partial charge in [0.1, 0.15) is 11.6 Å². The molecule has 1 saturated heterocycles. The maximum absolute atomic E-state index is 13.9. The van der Waals surface area contributed by atoms with Gasteiger partial charge in [-0.1, -0.05) is 11.6 Å². The standard InChI is InChI=1S/C15H19ClF2N2O/c1-19-6-5-10-4-2-3-7-20(10)15(21)11-8-14(18)12(16)9-13(11)17/h8-10,19H,2-7H2,1H3. The Balaban J connectivity index is 2.22. The smallest absolute Gasteiger partial charge is 0.257 e. The van der Waals surface area contributed by atoms with E-state index >= 15 is 0 Å². The zero-order valence-corrected chi connectivity index (χ0v) is 12.7. The van der Waals surface area contributed by atoms with Crippen molar-refractivity contribution >= 4 is 17.5 Å². The van der Waals surface area contributed by atoms with E-state index in [0.717, 1.165) is 44.4 Å². The maximum Gasteiger partial charge on any atom is 0.257 e. The summed E-state index contributed by atoms with van der Waals surface area (Å²) in [6.45, 7) is 1.36. The molecule has 2 rings (SSSR count). The molecule has 0 aliphatic carbocycles. The van der Waals surface area contributed by atoms with Crippen molar-refractivity contribution in [3.05, 3.63) is 34.4 Å². The largest absolute Gasteiger partial charge is 0.336 e. The lowest BCUT2D eigenvalue weighted by molar-refractivity contribution is 0.0597. The molecule has 1 fully saturated rings. The predicted octanol–water partition coefficient (Wildman–Crippen LogP) is 3.22. The molecule has 1 heterocycles. The minimum Gasteiger partial charge on any atom is -0.336 e. The predicted molar refractivity (Wildman–Crippen MR) is 78.6 cm³/mol. The second-order valence-electron chi connectivity index (χ2n) is 5.29. The monoisotopic (exact) mass is 316 g/mol. The molecule has 1 aliphatic heterocycles. The van der Waals surface area contributed by atoms with Crippen LogP contribution >= 0.6 is 11.6 Å². The molecular weight excluding hydrogens is 298 g/mol. The van der Waals surface area contributed by atoms with Gasteiger partial charge in [-0.25, -0.2) is 8.78 Å². The average molecular weight is 317 g/mol. The molecule has 6 heteroatoms. The molecule has 1 aromatic carbocycles. The van der Waals surface area contributed by atoms with Gasteiger partial charge in [-0.15, -0.1) is 0 Å². The Morgan fingerprint density at radius 3 is 2.86 bits per heavy atom. The number of likely N-dealkylation sites (tertiary alicyclic amines) is 1. The lowest BCUT2D eigenvalue weighted by atomic mass is 9.98. The van der Waals surface area contributed by atoms with E-state index in [1.54, 1.807) is 4.90 Å². The third-order valence-corrected chi connectivity index (χ3v) is 4.15. The second-order valence-corrected chi connectivity index (χ2v) is 5.69. The van der Waals surface area contributed by atoms with Crippen LogP contribution < -0.4 is 5.32 Å². The van der Waals surface area contributed by atoms with Crippen molar-refractivity contribution in [3.63, 3.8) is 0 Å². The minimum absolute atomic E-state index is 0.0665. The van der Waals surface area contributed by atoms with E-state index in [1.165, 1.54) is 0 Å². The molecule has 116 valence electrons. The van der Waals surface area contributed by atoms with E-state index in [0.29, 0.717) is 6.54 Å². The van der Waals surface area contributed by atoms with Crippen molar-refractivity contribution in [1.82, 2.24) is 10.2 Å². The summed E-state index contributed by atoms with van der Waals surface area (Å²) in [5, 5.41) is 2.74. The number of hydrogen-bond acceptors (Lipinski definition) is 2. The average Bonchev–Trinajstić information content (AvgIpc) is 2.48. The first-order valence-corrected chi connectivity index (χ1v) is 7.52. The van der Waals surface area contributed by atoms with Gasteiger partial charge >= 0.3 is 0 Å². The zero-order chi connectivity index (χ0) is 15.4. The molecule has 0 saturated carbocycles. The van der Waals surface area contributed by atoms with Crippen LogP contribution in [-0.2, 0) is 0 Å². The third-order valence-electron chi connectivity index (χ3n) is 3.86. The number of amides is 1. The van der Waals surface area contributed by atoms with Crippen LogP contribution in [0.3, 0.4) is 0 Å². The van der Waals surface area contributed by atoms with Crippen molar-refractivity contribution in [2.45, 2.75) is 31.7 Å². The summed E-state index contributed by atoms with van der Waals surface area (Å²) in [5.74, 6) is -2.00. The number of nitrogens with one attached hydrogen (secondary N) is 1. The second kappa shape index (κ2) is 7.18. The van der Waals surface area contributed by atoms with E-state index in [-0.39, 0.29) is 16.6 Å². The topological polar surface area (TPSA) is 32.3 Å². The van der Waals surface area contributed by atoms with Crippen LogP contribution in [0, 0.1) is 11.6 Å². The number of benzene rings is 1. The van der Waals surface area contributed by atoms with Gasteiger partial charge in [-0.2, -0.15) is 0 Å². The van der Waals surface area contributed by atoms with E-state index in [4.69, 9.17) is 11.6 Å². The number of piperidine rings is 1. The molecule has 0 bridgehead atoms. The third kappa shape index (κ3) is 3.71. The van der Waals surface area contributed by atoms with Crippen LogP contribution in [-0.4, -0.2) is 37.0 Å². The fourth-order valence-corrected chi connectivity index (χ4v) is 2.87. The zero-order valence-electron chi connectivity index (χ0n) is 12.0. The summed E-state index contributed by atoms with van der Waals surface area (Å²) in [6, 6.07) is 1.82. The molecule has 0 spiro atoms. The molecule has 1 unspecified atom stereocenters. The van der Waals surface area contributed by atoms with Crippen molar-refractivity contribution in [3.8, 4) is 0 Å². The molecule has 1 atom stereocenters. The van der Waals surface area contributed by atoms with Gasteiger partial charge in [0.05, 0.1) is 10.6 Å². The van der Waals surface area contributed by atoms with Crippen molar-refractivity contribution in [1.29, 1.82) is 0 Å². The van der Waals surface area contributed by atoms with Gasteiger partial charge in [0.25, 0.3) is 5.91 Å². The maximum atomic E-state index is 13.9. The lowest BCUT2D eigenvalue weighted by Gasteiger charge is -2.36. The number of carbonyl (C=O) groups is 1. The Bertz CT molecular complexity index is 525. The summed E-state index contributed by atoms with van der Waals surface area (Å²) in [4.78, 5) is 14.2. The highest BCUT2D eigenvalue weighted by Gasteiger charge is 2.29. The fourth-order valence-electron chi connectivity index (χ4n) is 2.72. The van der Waals surface area contributed by atoms with Crippen LogP contribution in [0.15, 0.2) is 12.1 Å². The Kier molecular flexibility index (Phi) is 5.53. The molecule has 21 heavy (non-hydrogen) atoms. The van der Waals surface area contributed by atoms with Crippen molar-refractivity contribution < 1.29 is 13.6 Å². The molecule has 3 nitrogen and oxygen atoms in total. The van der Waals surface area contributed by atoms with Crippen LogP contribution in [0.4, 0.5) is 8.78 Å². The highest BCUT2D eigenvalue weighted by atomic mass is 35.5. The van der Waals surface area contributed by atoms with Gasteiger partial charge in [0, 0.05) is 12.6 Å². The van der Waals surface area contributed by atoms with Gasteiger partial charge in [-0.3, -0.25) is 4.79 Å². The number of halogens is 3. The fraction of sp³-hybridized carbons (Fsp3) is 0.533. The minimum atomic E-state index is -0.774. The SMILES string of the molecule is CNCCC1CCCCN1C(=O)c1cc(F)c(Cl)cc1F. The summed E-state index contributed by atoms with van der Waals surface area (Å²) >= 11 is 5.53. The van der Waals surface area contributed by atoms with Gasteiger partial charge in [-0.05, 0) is 51.4 Å². The quantitative estimate of drug-likeness (QED) is 0.865. The molecule has 0 aromatic heterocycles. The first-order valence-electron chi connectivity index (χ1n) is 7.14. The summed E-state index contributed by atoms with van der Waals surface area (Å²) in [5.41, 5.74) is -0.242. The van der Waals surface area contributed by atoms with Crippen LogP contribution in [0.5, 0.6) is 0 Å². The summed E-state index contributed by atoms with van der Waals surface area (Å²) < 4.78 is 27.4. The molecule has 1 amide bonds. The van der Waals surface area contributed by atoms with E-state index in [1.807, 2.05) is 7.05 Å². The Labute approximate surface area is 128 Å². The Hall–Kier alpha value is -1.20. The van der Waals surface area contributed by atoms with Crippen LogP contribution in [0.2, 0.25) is 5.02 Å². The van der Waals surface area contributed by atoms with Gasteiger partial charge in [0.15, 0.2) is 0 Å². The molecule has 1 aliphatic rings. The number of rotatable bonds is 4.